The molecule has 3 aromatic carbocycles. The lowest BCUT2D eigenvalue weighted by Crippen LogP contribution is -2.11. The molecular formula is C24H20N2O3. The Hall–Kier alpha value is -3.73. The number of ether oxygens (including phenoxy) is 1. The Balaban J connectivity index is 1.36. The first-order valence-corrected chi connectivity index (χ1v) is 9.42. The van der Waals surface area contributed by atoms with Crippen LogP contribution in [-0.2, 0) is 16.0 Å². The summed E-state index contributed by atoms with van der Waals surface area (Å²) < 4.78 is 11.1. The number of benzene rings is 3. The zero-order valence-corrected chi connectivity index (χ0v) is 16.0. The second-order valence-electron chi connectivity index (χ2n) is 6.68. The quantitative estimate of drug-likeness (QED) is 0.425. The largest absolute Gasteiger partial charge is 0.452 e. The number of hydrogen-bond donors (Lipinski definition) is 0. The molecule has 5 nitrogen and oxygen atoms in total. The number of aromatic nitrogens is 2. The molecule has 4 rings (SSSR count). The van der Waals surface area contributed by atoms with Crippen molar-refractivity contribution < 1.29 is 13.9 Å². The Morgan fingerprint density at radius 1 is 0.828 bits per heavy atom. The van der Waals surface area contributed by atoms with E-state index >= 15 is 0 Å². The van der Waals surface area contributed by atoms with Crippen LogP contribution in [0.5, 0.6) is 0 Å². The van der Waals surface area contributed by atoms with Crippen molar-refractivity contribution in [3.63, 3.8) is 0 Å². The van der Waals surface area contributed by atoms with E-state index in [-0.39, 0.29) is 18.3 Å². The van der Waals surface area contributed by atoms with E-state index in [2.05, 4.69) is 22.3 Å². The minimum atomic E-state index is -0.615. The molecule has 1 heterocycles. The highest BCUT2D eigenvalue weighted by atomic mass is 16.6. The molecule has 0 aliphatic rings. The number of hydrogen-bond acceptors (Lipinski definition) is 5. The molecular weight excluding hydrogens is 364 g/mol. The number of nitrogens with zero attached hydrogens (tertiary/aromatic N) is 2. The molecule has 0 N–H and O–H groups in total. The molecule has 0 saturated carbocycles. The van der Waals surface area contributed by atoms with Crippen molar-refractivity contribution in [1.29, 1.82) is 0 Å². The molecule has 4 aromatic rings. The Morgan fingerprint density at radius 3 is 2.07 bits per heavy atom. The minimum absolute atomic E-state index is 0.180. The molecule has 0 aliphatic heterocycles. The molecule has 0 aliphatic carbocycles. The Morgan fingerprint density at radius 2 is 1.41 bits per heavy atom. The van der Waals surface area contributed by atoms with Gasteiger partial charge in [0, 0.05) is 5.56 Å². The summed E-state index contributed by atoms with van der Waals surface area (Å²) in [6.45, 7) is 1.72. The van der Waals surface area contributed by atoms with Crippen LogP contribution in [0.15, 0.2) is 89.3 Å². The van der Waals surface area contributed by atoms with Crippen LogP contribution in [0.2, 0.25) is 0 Å². The van der Waals surface area contributed by atoms with Gasteiger partial charge in [0.1, 0.15) is 0 Å². The van der Waals surface area contributed by atoms with Crippen molar-refractivity contribution in [3.8, 4) is 22.6 Å². The topological polar surface area (TPSA) is 65.2 Å². The fraction of sp³-hybridized carbons (Fsp3) is 0.125. The highest BCUT2D eigenvalue weighted by Crippen LogP contribution is 2.23. The zero-order chi connectivity index (χ0) is 20.1. The molecule has 0 radical (unpaired) electrons. The lowest BCUT2D eigenvalue weighted by Gasteiger charge is -2.10. The first-order valence-electron chi connectivity index (χ1n) is 9.42. The third-order valence-electron chi connectivity index (χ3n) is 4.53. The van der Waals surface area contributed by atoms with E-state index in [4.69, 9.17) is 9.15 Å². The summed E-state index contributed by atoms with van der Waals surface area (Å²) in [5.41, 5.74) is 3.96. The smallest absolute Gasteiger partial charge is 0.311 e. The lowest BCUT2D eigenvalue weighted by molar-refractivity contribution is -0.148. The summed E-state index contributed by atoms with van der Waals surface area (Å²) >= 11 is 0. The van der Waals surface area contributed by atoms with Gasteiger partial charge in [0.05, 0.1) is 6.42 Å². The van der Waals surface area contributed by atoms with Crippen LogP contribution in [0, 0.1) is 0 Å². The van der Waals surface area contributed by atoms with Gasteiger partial charge in [0.2, 0.25) is 5.89 Å². The lowest BCUT2D eigenvalue weighted by atomic mass is 10.0. The van der Waals surface area contributed by atoms with Gasteiger partial charge in [0.25, 0.3) is 5.89 Å². The molecule has 0 bridgehead atoms. The maximum absolute atomic E-state index is 12.3. The maximum atomic E-state index is 12.3. The Bertz CT molecular complexity index is 1070. The van der Waals surface area contributed by atoms with Crippen LogP contribution < -0.4 is 0 Å². The molecule has 1 aromatic heterocycles. The van der Waals surface area contributed by atoms with Crippen molar-refractivity contribution in [3.05, 3.63) is 96.4 Å². The van der Waals surface area contributed by atoms with Crippen LogP contribution in [0.3, 0.4) is 0 Å². The normalized spacial score (nSPS) is 11.8. The Labute approximate surface area is 169 Å². The first-order chi connectivity index (χ1) is 14.2. The average molecular weight is 384 g/mol. The summed E-state index contributed by atoms with van der Waals surface area (Å²) in [6, 6.07) is 27.5. The molecule has 1 atom stereocenters. The first kappa shape index (κ1) is 18.6. The van der Waals surface area contributed by atoms with Gasteiger partial charge >= 0.3 is 5.97 Å². The number of carbonyl (C=O) groups is 1. The maximum Gasteiger partial charge on any atom is 0.311 e. The van der Waals surface area contributed by atoms with Crippen LogP contribution in [0.1, 0.15) is 24.5 Å². The minimum Gasteiger partial charge on any atom is -0.452 e. The van der Waals surface area contributed by atoms with Crippen molar-refractivity contribution >= 4 is 5.97 Å². The molecule has 0 saturated heterocycles. The van der Waals surface area contributed by atoms with Gasteiger partial charge in [-0.1, -0.05) is 72.8 Å². The highest BCUT2D eigenvalue weighted by molar-refractivity contribution is 5.73. The van der Waals surface area contributed by atoms with Gasteiger partial charge in [-0.3, -0.25) is 4.79 Å². The van der Waals surface area contributed by atoms with Crippen LogP contribution in [-0.4, -0.2) is 16.2 Å². The number of esters is 1. The summed E-state index contributed by atoms with van der Waals surface area (Å²) in [5.74, 6) is 0.334. The van der Waals surface area contributed by atoms with Crippen molar-refractivity contribution in [2.75, 3.05) is 0 Å². The van der Waals surface area contributed by atoms with E-state index in [0.29, 0.717) is 5.89 Å². The van der Waals surface area contributed by atoms with E-state index in [1.54, 1.807) is 6.92 Å². The molecule has 5 heteroatoms. The SMILES string of the molecule is C[C@@H](OC(=O)Cc1ccc(-c2ccccc2)cc1)c1nnc(-c2ccccc2)o1. The molecule has 0 amide bonds. The average Bonchev–Trinajstić information content (AvgIpc) is 3.26. The van der Waals surface area contributed by atoms with E-state index in [1.165, 1.54) is 0 Å². The third-order valence-corrected chi connectivity index (χ3v) is 4.53. The van der Waals surface area contributed by atoms with Gasteiger partial charge in [-0.2, -0.15) is 0 Å². The van der Waals surface area contributed by atoms with Crippen LogP contribution in [0.25, 0.3) is 22.6 Å². The second-order valence-corrected chi connectivity index (χ2v) is 6.68. The number of rotatable bonds is 6. The van der Waals surface area contributed by atoms with Gasteiger partial charge in [0.15, 0.2) is 6.10 Å². The van der Waals surface area contributed by atoms with E-state index in [9.17, 15) is 4.79 Å². The van der Waals surface area contributed by atoms with Gasteiger partial charge in [-0.05, 0) is 35.7 Å². The van der Waals surface area contributed by atoms with E-state index < -0.39 is 6.10 Å². The number of carbonyl (C=O) groups excluding carboxylic acids is 1. The summed E-state index contributed by atoms with van der Waals surface area (Å²) in [5, 5.41) is 8.03. The molecule has 0 spiro atoms. The molecule has 0 unspecified atom stereocenters. The zero-order valence-electron chi connectivity index (χ0n) is 16.0. The van der Waals surface area contributed by atoms with Crippen LogP contribution >= 0.6 is 0 Å². The summed E-state index contributed by atoms with van der Waals surface area (Å²) in [7, 11) is 0. The van der Waals surface area contributed by atoms with Crippen molar-refractivity contribution in [1.82, 2.24) is 10.2 Å². The molecule has 144 valence electrons. The summed E-state index contributed by atoms with van der Waals surface area (Å²) in [6.07, 6.45) is -0.435. The molecule has 29 heavy (non-hydrogen) atoms. The van der Waals surface area contributed by atoms with Gasteiger partial charge < -0.3 is 9.15 Å². The van der Waals surface area contributed by atoms with Crippen molar-refractivity contribution in [2.24, 2.45) is 0 Å². The van der Waals surface area contributed by atoms with Crippen molar-refractivity contribution in [2.45, 2.75) is 19.4 Å². The van der Waals surface area contributed by atoms with E-state index in [1.807, 2.05) is 72.8 Å². The standard InChI is InChI=1S/C24H20N2O3/c1-17(23-25-26-24(29-23)21-10-6-3-7-11-21)28-22(27)16-18-12-14-20(15-13-18)19-8-4-2-5-9-19/h2-15,17H,16H2,1H3/t17-/m1/s1. The Kier molecular flexibility index (Phi) is 5.47. The predicted octanol–water partition coefficient (Wildman–Crippen LogP) is 5.25. The monoisotopic (exact) mass is 384 g/mol. The fourth-order valence-corrected chi connectivity index (χ4v) is 3.00. The molecule has 0 fully saturated rings. The fourth-order valence-electron chi connectivity index (χ4n) is 3.00. The van der Waals surface area contributed by atoms with E-state index in [0.717, 1.165) is 22.3 Å². The summed E-state index contributed by atoms with van der Waals surface area (Å²) in [4.78, 5) is 12.3. The second kappa shape index (κ2) is 8.52. The predicted molar refractivity (Wildman–Crippen MR) is 110 cm³/mol. The highest BCUT2D eigenvalue weighted by Gasteiger charge is 2.19. The third kappa shape index (κ3) is 4.58. The van der Waals surface area contributed by atoms with Gasteiger partial charge in [-0.25, -0.2) is 0 Å². The van der Waals surface area contributed by atoms with Gasteiger partial charge in [-0.15, -0.1) is 10.2 Å². The van der Waals surface area contributed by atoms with Crippen LogP contribution in [0.4, 0.5) is 0 Å².